The molecule has 0 aliphatic rings. The summed E-state index contributed by atoms with van der Waals surface area (Å²) in [6.45, 7) is 0. The molecule has 64 valence electrons. The molecular formula is C7H4N4O2. The zero-order valence-corrected chi connectivity index (χ0v) is 6.38. The molecule has 0 aromatic carbocycles. The van der Waals surface area contributed by atoms with Gasteiger partial charge in [0.1, 0.15) is 0 Å². The zero-order valence-electron chi connectivity index (χ0n) is 6.38. The highest BCUT2D eigenvalue weighted by Gasteiger charge is 2.06. The van der Waals surface area contributed by atoms with Crippen LogP contribution in [0.5, 0.6) is 6.01 Å². The Hall–Kier alpha value is -2.11. The summed E-state index contributed by atoms with van der Waals surface area (Å²) in [5.74, 6) is -0.101. The van der Waals surface area contributed by atoms with Crippen LogP contribution in [0.2, 0.25) is 0 Å². The molecule has 2 aromatic rings. The van der Waals surface area contributed by atoms with Gasteiger partial charge in [-0.25, -0.2) is 4.98 Å². The smallest absolute Gasteiger partial charge is 0.318 e. The van der Waals surface area contributed by atoms with Gasteiger partial charge in [0.05, 0.1) is 5.39 Å². The summed E-state index contributed by atoms with van der Waals surface area (Å²) in [6, 6.07) is 2.75. The van der Waals surface area contributed by atoms with Gasteiger partial charge in [0.25, 0.3) is 0 Å². The Morgan fingerprint density at radius 2 is 2.23 bits per heavy atom. The predicted octanol–water partition coefficient (Wildman–Crippen LogP) is 1.13. The van der Waals surface area contributed by atoms with Crippen molar-refractivity contribution in [2.45, 2.75) is 0 Å². The van der Waals surface area contributed by atoms with Crippen LogP contribution < -0.4 is 0 Å². The third kappa shape index (κ3) is 1.18. The van der Waals surface area contributed by atoms with Gasteiger partial charge >= 0.3 is 6.01 Å². The predicted molar refractivity (Wildman–Crippen MR) is 44.5 cm³/mol. The Morgan fingerprint density at radius 1 is 1.38 bits per heavy atom. The number of rotatable bonds is 1. The summed E-state index contributed by atoms with van der Waals surface area (Å²) >= 11 is 0. The number of hydrogen-bond donors (Lipinski definition) is 1. The minimum absolute atomic E-state index is 0.101. The second kappa shape index (κ2) is 2.74. The first-order valence-corrected chi connectivity index (χ1v) is 3.46. The maximum absolute atomic E-state index is 10.3. The standard InChI is InChI=1S/C7H4N4O2/c12-7-9-5-4(2-1-3-8-5)6(10-7)11-13/h1-3H,(H,8,9,10,12). The molecule has 0 bridgehead atoms. The molecule has 0 spiro atoms. The minimum Gasteiger partial charge on any atom is -0.479 e. The van der Waals surface area contributed by atoms with Crippen molar-refractivity contribution in [2.75, 3.05) is 0 Å². The first-order valence-electron chi connectivity index (χ1n) is 3.46. The SMILES string of the molecule is O=Nc1nc(O)nc2ncccc12. The van der Waals surface area contributed by atoms with E-state index >= 15 is 0 Å². The molecule has 0 aliphatic heterocycles. The van der Waals surface area contributed by atoms with Crippen molar-refractivity contribution in [1.82, 2.24) is 15.0 Å². The topological polar surface area (TPSA) is 88.3 Å². The normalized spacial score (nSPS) is 10.2. The van der Waals surface area contributed by atoms with Crippen LogP contribution in [-0.4, -0.2) is 20.1 Å². The maximum Gasteiger partial charge on any atom is 0.318 e. The van der Waals surface area contributed by atoms with E-state index in [1.165, 1.54) is 6.20 Å². The highest BCUT2D eigenvalue weighted by Crippen LogP contribution is 2.22. The molecule has 2 heterocycles. The lowest BCUT2D eigenvalue weighted by Gasteiger charge is -1.96. The maximum atomic E-state index is 10.3. The second-order valence-electron chi connectivity index (χ2n) is 2.31. The van der Waals surface area contributed by atoms with Crippen LogP contribution in [0.4, 0.5) is 5.82 Å². The van der Waals surface area contributed by atoms with Gasteiger partial charge in [-0.15, -0.1) is 4.91 Å². The lowest BCUT2D eigenvalue weighted by atomic mass is 10.3. The van der Waals surface area contributed by atoms with Gasteiger partial charge in [-0.1, -0.05) is 0 Å². The Labute approximate surface area is 72.3 Å². The molecule has 0 unspecified atom stereocenters. The van der Waals surface area contributed by atoms with E-state index in [4.69, 9.17) is 5.11 Å². The van der Waals surface area contributed by atoms with Gasteiger partial charge in [0, 0.05) is 6.20 Å². The summed E-state index contributed by atoms with van der Waals surface area (Å²) in [4.78, 5) is 21.2. The van der Waals surface area contributed by atoms with Crippen LogP contribution in [0.15, 0.2) is 23.5 Å². The molecule has 1 N–H and O–H groups in total. The highest BCUT2D eigenvalue weighted by molar-refractivity contribution is 5.84. The number of fused-ring (bicyclic) bond motifs is 1. The summed E-state index contributed by atoms with van der Waals surface area (Å²) < 4.78 is 0. The fraction of sp³-hybridized carbons (Fsp3) is 0. The van der Waals surface area contributed by atoms with Gasteiger partial charge in [0.15, 0.2) is 5.65 Å². The lowest BCUT2D eigenvalue weighted by molar-refractivity contribution is 0.433. The quantitative estimate of drug-likeness (QED) is 0.658. The van der Waals surface area contributed by atoms with Crippen LogP contribution in [0.25, 0.3) is 11.0 Å². The molecule has 6 nitrogen and oxygen atoms in total. The van der Waals surface area contributed by atoms with E-state index in [9.17, 15) is 4.91 Å². The third-order valence-electron chi connectivity index (χ3n) is 1.53. The summed E-state index contributed by atoms with van der Waals surface area (Å²) in [5.41, 5.74) is 0.254. The molecule has 0 fully saturated rings. The van der Waals surface area contributed by atoms with Crippen molar-refractivity contribution >= 4 is 16.9 Å². The Kier molecular flexibility index (Phi) is 1.59. The lowest BCUT2D eigenvalue weighted by Crippen LogP contribution is -1.87. The Morgan fingerprint density at radius 3 is 3.00 bits per heavy atom. The van der Waals surface area contributed by atoms with Crippen molar-refractivity contribution in [3.8, 4) is 6.01 Å². The number of aromatic nitrogens is 3. The van der Waals surface area contributed by atoms with E-state index in [-0.39, 0.29) is 11.5 Å². The largest absolute Gasteiger partial charge is 0.479 e. The van der Waals surface area contributed by atoms with Crippen molar-refractivity contribution in [1.29, 1.82) is 0 Å². The second-order valence-corrected chi connectivity index (χ2v) is 2.31. The van der Waals surface area contributed by atoms with Crippen LogP contribution in [0.3, 0.4) is 0 Å². The van der Waals surface area contributed by atoms with Crippen LogP contribution in [-0.2, 0) is 0 Å². The van der Waals surface area contributed by atoms with E-state index in [0.717, 1.165) is 0 Å². The fourth-order valence-corrected chi connectivity index (χ4v) is 1.00. The van der Waals surface area contributed by atoms with E-state index in [1.807, 2.05) is 0 Å². The number of nitrogens with zero attached hydrogens (tertiary/aromatic N) is 4. The Bertz CT molecular complexity index is 471. The minimum atomic E-state index is -0.499. The van der Waals surface area contributed by atoms with Gasteiger partial charge < -0.3 is 5.11 Å². The summed E-state index contributed by atoms with van der Waals surface area (Å²) in [6.07, 6.45) is 1.50. The molecule has 2 aromatic heterocycles. The number of pyridine rings is 1. The molecular weight excluding hydrogens is 172 g/mol. The molecule has 0 saturated carbocycles. The van der Waals surface area contributed by atoms with E-state index in [1.54, 1.807) is 12.1 Å². The molecule has 6 heteroatoms. The monoisotopic (exact) mass is 176 g/mol. The molecule has 2 rings (SSSR count). The molecule has 0 amide bonds. The van der Waals surface area contributed by atoms with E-state index in [2.05, 4.69) is 20.1 Å². The summed E-state index contributed by atoms with van der Waals surface area (Å²) in [7, 11) is 0. The highest BCUT2D eigenvalue weighted by atomic mass is 16.3. The molecule has 0 saturated heterocycles. The summed E-state index contributed by atoms with van der Waals surface area (Å²) in [5, 5.41) is 12.1. The van der Waals surface area contributed by atoms with Crippen molar-refractivity contribution in [2.24, 2.45) is 5.18 Å². The third-order valence-corrected chi connectivity index (χ3v) is 1.53. The number of aromatic hydroxyl groups is 1. The van der Waals surface area contributed by atoms with Crippen LogP contribution in [0, 0.1) is 4.91 Å². The first kappa shape index (κ1) is 7.53. The van der Waals surface area contributed by atoms with Crippen molar-refractivity contribution in [3.05, 3.63) is 23.2 Å². The first-order chi connectivity index (χ1) is 6.31. The van der Waals surface area contributed by atoms with E-state index < -0.39 is 6.01 Å². The average molecular weight is 176 g/mol. The van der Waals surface area contributed by atoms with Gasteiger partial charge in [0.2, 0.25) is 5.82 Å². The molecule has 13 heavy (non-hydrogen) atoms. The van der Waals surface area contributed by atoms with Crippen molar-refractivity contribution in [3.63, 3.8) is 0 Å². The molecule has 0 aliphatic carbocycles. The zero-order chi connectivity index (χ0) is 9.26. The molecule has 0 radical (unpaired) electrons. The van der Waals surface area contributed by atoms with Gasteiger partial charge in [-0.05, 0) is 17.3 Å². The van der Waals surface area contributed by atoms with Crippen LogP contribution >= 0.6 is 0 Å². The van der Waals surface area contributed by atoms with Crippen LogP contribution in [0.1, 0.15) is 0 Å². The number of nitroso groups, excluding NO2 is 1. The number of hydrogen-bond acceptors (Lipinski definition) is 6. The van der Waals surface area contributed by atoms with Gasteiger partial charge in [-0.2, -0.15) is 9.97 Å². The van der Waals surface area contributed by atoms with Crippen molar-refractivity contribution < 1.29 is 5.11 Å². The fourth-order valence-electron chi connectivity index (χ4n) is 1.00. The van der Waals surface area contributed by atoms with Gasteiger partial charge in [-0.3, -0.25) is 0 Å². The Balaban J connectivity index is 2.89. The van der Waals surface area contributed by atoms with E-state index in [0.29, 0.717) is 5.39 Å². The average Bonchev–Trinajstić information content (AvgIpc) is 2.16. The molecule has 0 atom stereocenters.